The molecule has 1 aliphatic carbocycles. The Balaban J connectivity index is 1.56. The minimum atomic E-state index is -0.882. The lowest BCUT2D eigenvalue weighted by Gasteiger charge is -2.37. The van der Waals surface area contributed by atoms with Crippen LogP contribution in [0.5, 0.6) is 0 Å². The lowest BCUT2D eigenvalue weighted by Crippen LogP contribution is -2.37. The van der Waals surface area contributed by atoms with Crippen LogP contribution in [0.3, 0.4) is 0 Å². The molecule has 1 heterocycles. The summed E-state index contributed by atoms with van der Waals surface area (Å²) in [5.74, 6) is -2.89. The molecule has 0 spiro atoms. The highest BCUT2D eigenvalue weighted by Gasteiger charge is 2.41. The van der Waals surface area contributed by atoms with E-state index in [1.54, 1.807) is 31.2 Å². The zero-order valence-corrected chi connectivity index (χ0v) is 20.2. The highest BCUT2D eigenvalue weighted by Crippen LogP contribution is 2.45. The van der Waals surface area contributed by atoms with Crippen LogP contribution < -0.4 is 10.6 Å². The van der Waals surface area contributed by atoms with Crippen molar-refractivity contribution in [3.05, 3.63) is 123 Å². The van der Waals surface area contributed by atoms with E-state index in [1.807, 2.05) is 30.3 Å². The maximum Gasteiger partial charge on any atom is 0.254 e. The number of hydrogen-bond donors (Lipinski definition) is 2. The second-order valence-electron chi connectivity index (χ2n) is 9.06. The fourth-order valence-electron chi connectivity index (χ4n) is 5.07. The van der Waals surface area contributed by atoms with Crippen LogP contribution >= 0.6 is 11.6 Å². The van der Waals surface area contributed by atoms with Crippen LogP contribution in [0.4, 0.5) is 14.5 Å². The molecule has 2 atom stereocenters. The highest BCUT2D eigenvalue weighted by atomic mass is 35.5. The molecule has 4 nitrogen and oxygen atoms in total. The smallest absolute Gasteiger partial charge is 0.254 e. The van der Waals surface area contributed by atoms with Gasteiger partial charge >= 0.3 is 0 Å². The Kier molecular flexibility index (Phi) is 6.46. The monoisotopic (exact) mass is 504 g/mol. The summed E-state index contributed by atoms with van der Waals surface area (Å²) >= 11 is 6.11. The maximum atomic E-state index is 14.3. The molecule has 1 aliphatic heterocycles. The Labute approximate surface area is 212 Å². The first-order valence-corrected chi connectivity index (χ1v) is 12.0. The van der Waals surface area contributed by atoms with Crippen molar-refractivity contribution in [3.63, 3.8) is 0 Å². The Morgan fingerprint density at radius 2 is 1.69 bits per heavy atom. The largest absolute Gasteiger partial charge is 0.362 e. The van der Waals surface area contributed by atoms with Crippen molar-refractivity contribution in [3.8, 4) is 0 Å². The van der Waals surface area contributed by atoms with Gasteiger partial charge in [-0.05, 0) is 54.7 Å². The van der Waals surface area contributed by atoms with Gasteiger partial charge in [-0.1, -0.05) is 54.1 Å². The number of nitrogens with one attached hydrogen (secondary N) is 2. The van der Waals surface area contributed by atoms with Crippen molar-refractivity contribution in [1.29, 1.82) is 0 Å². The van der Waals surface area contributed by atoms with Crippen LogP contribution in [0.1, 0.15) is 42.7 Å². The number of anilines is 1. The van der Waals surface area contributed by atoms with Gasteiger partial charge in [-0.25, -0.2) is 8.78 Å². The van der Waals surface area contributed by atoms with Gasteiger partial charge in [-0.3, -0.25) is 9.59 Å². The summed E-state index contributed by atoms with van der Waals surface area (Å²) in [5, 5.41) is 6.38. The van der Waals surface area contributed by atoms with E-state index in [2.05, 4.69) is 10.6 Å². The molecule has 3 aromatic carbocycles. The van der Waals surface area contributed by atoms with Gasteiger partial charge in [0.05, 0.1) is 5.69 Å². The molecule has 0 saturated carbocycles. The van der Waals surface area contributed by atoms with Gasteiger partial charge in [0.1, 0.15) is 11.6 Å². The van der Waals surface area contributed by atoms with Gasteiger partial charge in [-0.15, -0.1) is 0 Å². The molecule has 0 saturated heterocycles. The molecule has 3 aromatic rings. The number of rotatable bonds is 4. The van der Waals surface area contributed by atoms with Crippen molar-refractivity contribution in [2.24, 2.45) is 0 Å². The SMILES string of the molecule is CC1=C(C(=O)Nc2ccc(F)cc2F)[C@H](c2ccc(Cl)cc2)C2=C(C[C@@H](c3ccccc3)CC2=O)N1. The summed E-state index contributed by atoms with van der Waals surface area (Å²) in [7, 11) is 0. The molecule has 7 heteroatoms. The molecule has 1 amide bonds. The predicted octanol–water partition coefficient (Wildman–Crippen LogP) is 6.62. The summed E-state index contributed by atoms with van der Waals surface area (Å²) in [6.07, 6.45) is 0.934. The van der Waals surface area contributed by atoms with Crippen LogP contribution in [0.25, 0.3) is 0 Å². The van der Waals surface area contributed by atoms with Crippen molar-refractivity contribution >= 4 is 29.0 Å². The number of benzene rings is 3. The average molecular weight is 505 g/mol. The third-order valence-electron chi connectivity index (χ3n) is 6.73. The Bertz CT molecular complexity index is 1410. The lowest BCUT2D eigenvalue weighted by molar-refractivity contribution is -0.116. The molecule has 2 N–H and O–H groups in total. The number of Topliss-reactive ketones (excluding diaryl/α,β-unsaturated/α-hetero) is 1. The number of dihydropyridines is 1. The fourth-order valence-corrected chi connectivity index (χ4v) is 5.20. The third-order valence-corrected chi connectivity index (χ3v) is 6.98. The first-order chi connectivity index (χ1) is 17.3. The quantitative estimate of drug-likeness (QED) is 0.420. The predicted molar refractivity (Wildman–Crippen MR) is 135 cm³/mol. The molecule has 5 rings (SSSR count). The summed E-state index contributed by atoms with van der Waals surface area (Å²) in [5.41, 5.74) is 3.84. The zero-order valence-electron chi connectivity index (χ0n) is 19.4. The topological polar surface area (TPSA) is 58.2 Å². The van der Waals surface area contributed by atoms with Crippen LogP contribution in [0.2, 0.25) is 5.02 Å². The van der Waals surface area contributed by atoms with Crippen molar-refractivity contribution in [2.75, 3.05) is 5.32 Å². The van der Waals surface area contributed by atoms with E-state index >= 15 is 0 Å². The summed E-state index contributed by atoms with van der Waals surface area (Å²) < 4.78 is 27.7. The van der Waals surface area contributed by atoms with Gasteiger partial charge < -0.3 is 10.6 Å². The minimum absolute atomic E-state index is 0.0207. The van der Waals surface area contributed by atoms with Crippen molar-refractivity contribution in [1.82, 2.24) is 5.32 Å². The molecular weight excluding hydrogens is 482 g/mol. The average Bonchev–Trinajstić information content (AvgIpc) is 2.85. The Morgan fingerprint density at radius 1 is 0.972 bits per heavy atom. The first-order valence-electron chi connectivity index (χ1n) is 11.6. The molecule has 0 unspecified atom stereocenters. The number of amides is 1. The highest BCUT2D eigenvalue weighted by molar-refractivity contribution is 6.30. The molecular formula is C29H23ClF2N2O2. The van der Waals surface area contributed by atoms with E-state index in [4.69, 9.17) is 11.6 Å². The lowest BCUT2D eigenvalue weighted by atomic mass is 9.71. The molecule has 36 heavy (non-hydrogen) atoms. The summed E-state index contributed by atoms with van der Waals surface area (Å²) in [6, 6.07) is 19.8. The van der Waals surface area contributed by atoms with Gasteiger partial charge in [0.25, 0.3) is 5.91 Å². The molecule has 0 bridgehead atoms. The van der Waals surface area contributed by atoms with Crippen molar-refractivity contribution in [2.45, 2.75) is 31.6 Å². The Morgan fingerprint density at radius 3 is 2.39 bits per heavy atom. The van der Waals surface area contributed by atoms with Crippen LogP contribution in [0, 0.1) is 11.6 Å². The third kappa shape index (κ3) is 4.56. The number of carbonyl (C=O) groups excluding carboxylic acids is 2. The van der Waals surface area contributed by atoms with E-state index < -0.39 is 23.5 Å². The maximum absolute atomic E-state index is 14.3. The van der Waals surface area contributed by atoms with E-state index in [-0.39, 0.29) is 17.4 Å². The molecule has 182 valence electrons. The number of hydrogen-bond acceptors (Lipinski definition) is 3. The van der Waals surface area contributed by atoms with E-state index in [9.17, 15) is 18.4 Å². The molecule has 2 aliphatic rings. The summed E-state index contributed by atoms with van der Waals surface area (Å²) in [4.78, 5) is 27.1. The van der Waals surface area contributed by atoms with E-state index in [0.717, 1.165) is 22.9 Å². The van der Waals surface area contributed by atoms with Gasteiger partial charge in [0.2, 0.25) is 0 Å². The van der Waals surface area contributed by atoms with E-state index in [0.29, 0.717) is 40.8 Å². The van der Waals surface area contributed by atoms with Crippen molar-refractivity contribution < 1.29 is 18.4 Å². The number of ketones is 1. The minimum Gasteiger partial charge on any atom is -0.362 e. The number of halogens is 3. The van der Waals surface area contributed by atoms with Crippen LogP contribution in [-0.4, -0.2) is 11.7 Å². The van der Waals surface area contributed by atoms with Crippen LogP contribution in [0.15, 0.2) is 95.3 Å². The second kappa shape index (κ2) is 9.70. The molecule has 0 radical (unpaired) electrons. The molecule has 0 fully saturated rings. The second-order valence-corrected chi connectivity index (χ2v) is 9.49. The standard InChI is InChI=1S/C29H23ClF2N2O2/c1-16-26(29(36)34-23-12-11-21(31)15-22(23)32)27(18-7-9-20(30)10-8-18)28-24(33-16)13-19(14-25(28)35)17-5-3-2-4-6-17/h2-12,15,19,27,33H,13-14H2,1H3,(H,34,36)/t19-,27+/m1/s1. The number of allylic oxidation sites excluding steroid dienone is 3. The first kappa shape index (κ1) is 23.9. The van der Waals surface area contributed by atoms with Crippen LogP contribution in [-0.2, 0) is 9.59 Å². The number of carbonyl (C=O) groups is 2. The van der Waals surface area contributed by atoms with Gasteiger partial charge in [-0.2, -0.15) is 0 Å². The summed E-state index contributed by atoms with van der Waals surface area (Å²) in [6.45, 7) is 1.76. The zero-order chi connectivity index (χ0) is 25.4. The van der Waals surface area contributed by atoms with Gasteiger partial charge in [0.15, 0.2) is 5.78 Å². The fraction of sp³-hybridized carbons (Fsp3) is 0.172. The normalized spacial score (nSPS) is 19.6. The molecule has 0 aromatic heterocycles. The van der Waals surface area contributed by atoms with E-state index in [1.165, 1.54) is 6.07 Å². The van der Waals surface area contributed by atoms with Gasteiger partial charge in [0, 0.05) is 46.0 Å². The Hall–Kier alpha value is -3.77.